The molecule has 0 saturated carbocycles. The van der Waals surface area contributed by atoms with Gasteiger partial charge in [-0.3, -0.25) is 4.90 Å². The van der Waals surface area contributed by atoms with E-state index in [-0.39, 0.29) is 6.42 Å². The van der Waals surface area contributed by atoms with Crippen LogP contribution in [0.15, 0.2) is 72.8 Å². The van der Waals surface area contributed by atoms with Crippen LogP contribution in [0.25, 0.3) is 11.1 Å². The number of benzene rings is 3. The summed E-state index contributed by atoms with van der Waals surface area (Å²) in [6.07, 6.45) is -0.549. The Morgan fingerprint density at radius 1 is 0.903 bits per heavy atom. The van der Waals surface area contributed by atoms with Gasteiger partial charge in [-0.15, -0.1) is 0 Å². The van der Waals surface area contributed by atoms with Crippen LogP contribution in [0.3, 0.4) is 0 Å². The van der Waals surface area contributed by atoms with Gasteiger partial charge in [0.15, 0.2) is 0 Å². The van der Waals surface area contributed by atoms with Crippen LogP contribution in [0.2, 0.25) is 0 Å². The zero-order valence-electron chi connectivity index (χ0n) is 17.3. The molecule has 0 saturated heterocycles. The summed E-state index contributed by atoms with van der Waals surface area (Å²) < 4.78 is 10.2. The minimum Gasteiger partial charge on any atom is -0.497 e. The van der Waals surface area contributed by atoms with Crippen LogP contribution in [-0.4, -0.2) is 42.3 Å². The standard InChI is InChI=1S/C25H23NO5/c1-30-17-13-11-16(12-14-17)15-22(24(27)28)26(25(29)31-2)23-20-9-5-3-7-18(20)19-8-4-6-10-21(19)23/h3-14,22-23H,15H2,1-2H3,(H,27,28). The van der Waals surface area contributed by atoms with Gasteiger partial charge in [-0.2, -0.15) is 0 Å². The Morgan fingerprint density at radius 3 is 1.94 bits per heavy atom. The molecule has 4 rings (SSSR count). The highest BCUT2D eigenvalue weighted by atomic mass is 16.5. The maximum Gasteiger partial charge on any atom is 0.411 e. The Morgan fingerprint density at radius 2 is 1.45 bits per heavy atom. The predicted molar refractivity (Wildman–Crippen MR) is 116 cm³/mol. The number of carbonyl (C=O) groups excluding carboxylic acids is 1. The molecule has 3 aromatic carbocycles. The molecule has 0 aromatic heterocycles. The third-order valence-electron chi connectivity index (χ3n) is 5.67. The third kappa shape index (κ3) is 3.72. The lowest BCUT2D eigenvalue weighted by atomic mass is 9.98. The average molecular weight is 417 g/mol. The molecule has 0 radical (unpaired) electrons. The van der Waals surface area contributed by atoms with Crippen molar-refractivity contribution in [2.75, 3.05) is 14.2 Å². The SMILES string of the molecule is COC(=O)N(C(Cc1ccc(OC)cc1)C(=O)O)C1c2ccccc2-c2ccccc21. The number of fused-ring (bicyclic) bond motifs is 3. The molecule has 0 heterocycles. The number of nitrogens with zero attached hydrogens (tertiary/aromatic N) is 1. The fraction of sp³-hybridized carbons (Fsp3) is 0.200. The third-order valence-corrected chi connectivity index (χ3v) is 5.67. The monoisotopic (exact) mass is 417 g/mol. The summed E-state index contributed by atoms with van der Waals surface area (Å²) in [5.74, 6) is -0.415. The molecule has 0 bridgehead atoms. The normalized spacial score (nSPS) is 13.1. The van der Waals surface area contributed by atoms with Crippen LogP contribution < -0.4 is 4.74 Å². The highest BCUT2D eigenvalue weighted by Gasteiger charge is 2.42. The van der Waals surface area contributed by atoms with E-state index in [0.29, 0.717) is 5.75 Å². The number of amides is 1. The van der Waals surface area contributed by atoms with Gasteiger partial charge in [-0.25, -0.2) is 9.59 Å². The summed E-state index contributed by atoms with van der Waals surface area (Å²) in [6.45, 7) is 0. The number of carbonyl (C=O) groups is 2. The second-order valence-corrected chi connectivity index (χ2v) is 7.36. The van der Waals surface area contributed by atoms with Gasteiger partial charge in [0.25, 0.3) is 0 Å². The molecule has 31 heavy (non-hydrogen) atoms. The molecule has 1 atom stereocenters. The van der Waals surface area contributed by atoms with Crippen LogP contribution >= 0.6 is 0 Å². The van der Waals surface area contributed by atoms with Crippen molar-refractivity contribution in [1.29, 1.82) is 0 Å². The van der Waals surface area contributed by atoms with E-state index in [2.05, 4.69) is 0 Å². The fourth-order valence-electron chi connectivity index (χ4n) is 4.24. The number of ether oxygens (including phenoxy) is 2. The summed E-state index contributed by atoms with van der Waals surface area (Å²) in [7, 11) is 2.84. The number of hydrogen-bond donors (Lipinski definition) is 1. The summed E-state index contributed by atoms with van der Waals surface area (Å²) in [4.78, 5) is 26.7. The molecule has 1 amide bonds. The smallest absolute Gasteiger partial charge is 0.411 e. The lowest BCUT2D eigenvalue weighted by Gasteiger charge is -2.34. The molecule has 0 fully saturated rings. The molecule has 6 heteroatoms. The van der Waals surface area contributed by atoms with Crippen LogP contribution in [0.1, 0.15) is 22.7 Å². The van der Waals surface area contributed by atoms with Crippen LogP contribution in [0.4, 0.5) is 4.79 Å². The van der Waals surface area contributed by atoms with E-state index >= 15 is 0 Å². The van der Waals surface area contributed by atoms with Crippen molar-refractivity contribution >= 4 is 12.1 Å². The zero-order valence-corrected chi connectivity index (χ0v) is 17.3. The summed E-state index contributed by atoms with van der Waals surface area (Å²) in [5, 5.41) is 10.1. The van der Waals surface area contributed by atoms with Crippen LogP contribution in [-0.2, 0) is 16.0 Å². The van der Waals surface area contributed by atoms with Crippen molar-refractivity contribution in [3.8, 4) is 16.9 Å². The van der Waals surface area contributed by atoms with E-state index in [1.54, 1.807) is 31.4 Å². The number of carboxylic acids is 1. The van der Waals surface area contributed by atoms with Crippen molar-refractivity contribution in [2.45, 2.75) is 18.5 Å². The summed E-state index contributed by atoms with van der Waals surface area (Å²) in [6, 6.07) is 21.0. The minimum absolute atomic E-state index is 0.134. The Kier molecular flexibility index (Phi) is 5.62. The van der Waals surface area contributed by atoms with E-state index in [9.17, 15) is 14.7 Å². The number of methoxy groups -OCH3 is 2. The molecule has 158 valence electrons. The predicted octanol–water partition coefficient (Wildman–Crippen LogP) is 4.53. The molecule has 0 aliphatic heterocycles. The van der Waals surface area contributed by atoms with Gasteiger partial charge in [-0.1, -0.05) is 60.7 Å². The Balaban J connectivity index is 1.80. The van der Waals surface area contributed by atoms with Gasteiger partial charge in [0, 0.05) is 6.42 Å². The van der Waals surface area contributed by atoms with E-state index in [0.717, 1.165) is 27.8 Å². The number of rotatable bonds is 6. The zero-order chi connectivity index (χ0) is 22.0. The second kappa shape index (κ2) is 8.52. The van der Waals surface area contributed by atoms with Gasteiger partial charge >= 0.3 is 12.1 Å². The van der Waals surface area contributed by atoms with Crippen molar-refractivity contribution in [3.05, 3.63) is 89.5 Å². The van der Waals surface area contributed by atoms with Crippen molar-refractivity contribution in [2.24, 2.45) is 0 Å². The highest BCUT2D eigenvalue weighted by molar-refractivity contribution is 5.85. The van der Waals surface area contributed by atoms with Gasteiger partial charge in [0.1, 0.15) is 11.8 Å². The first-order chi connectivity index (χ1) is 15.0. The average Bonchev–Trinajstić information content (AvgIpc) is 3.13. The first kappa shape index (κ1) is 20.5. The van der Waals surface area contributed by atoms with Crippen molar-refractivity contribution < 1.29 is 24.2 Å². The van der Waals surface area contributed by atoms with Crippen molar-refractivity contribution in [1.82, 2.24) is 4.90 Å². The van der Waals surface area contributed by atoms with Gasteiger partial charge in [0.05, 0.1) is 20.3 Å². The molecule has 0 spiro atoms. The van der Waals surface area contributed by atoms with E-state index < -0.39 is 24.1 Å². The Bertz CT molecular complexity index is 1060. The molecule has 3 aromatic rings. The quantitative estimate of drug-likeness (QED) is 0.638. The number of hydrogen-bond acceptors (Lipinski definition) is 4. The van der Waals surface area contributed by atoms with Crippen molar-refractivity contribution in [3.63, 3.8) is 0 Å². The highest BCUT2D eigenvalue weighted by Crippen LogP contribution is 2.47. The van der Waals surface area contributed by atoms with E-state index in [1.807, 2.05) is 48.5 Å². The second-order valence-electron chi connectivity index (χ2n) is 7.36. The van der Waals surface area contributed by atoms with Crippen LogP contribution in [0.5, 0.6) is 5.75 Å². The first-order valence-corrected chi connectivity index (χ1v) is 9.95. The largest absolute Gasteiger partial charge is 0.497 e. The molecule has 1 aliphatic rings. The number of aliphatic carboxylic acids is 1. The molecule has 6 nitrogen and oxygen atoms in total. The lowest BCUT2D eigenvalue weighted by molar-refractivity contribution is -0.143. The molecule has 1 N–H and O–H groups in total. The molecule has 1 unspecified atom stereocenters. The Labute approximate surface area is 180 Å². The topological polar surface area (TPSA) is 76.1 Å². The van der Waals surface area contributed by atoms with Gasteiger partial charge < -0.3 is 14.6 Å². The van der Waals surface area contributed by atoms with Gasteiger partial charge in [0.2, 0.25) is 0 Å². The number of carboxylic acid groups (broad SMARTS) is 1. The van der Waals surface area contributed by atoms with E-state index in [1.165, 1.54) is 12.0 Å². The summed E-state index contributed by atoms with van der Waals surface area (Å²) >= 11 is 0. The lowest BCUT2D eigenvalue weighted by Crippen LogP contribution is -2.48. The Hall–Kier alpha value is -3.80. The van der Waals surface area contributed by atoms with Gasteiger partial charge in [-0.05, 0) is 39.9 Å². The minimum atomic E-state index is -1.12. The molecule has 1 aliphatic carbocycles. The first-order valence-electron chi connectivity index (χ1n) is 9.95. The molecular formula is C25H23NO5. The summed E-state index contributed by atoms with van der Waals surface area (Å²) in [5.41, 5.74) is 4.53. The van der Waals surface area contributed by atoms with E-state index in [4.69, 9.17) is 9.47 Å². The fourth-order valence-corrected chi connectivity index (χ4v) is 4.24. The van der Waals surface area contributed by atoms with Crippen LogP contribution in [0, 0.1) is 0 Å². The molecular weight excluding hydrogens is 394 g/mol. The maximum absolute atomic E-state index is 13.0. The maximum atomic E-state index is 13.0.